The minimum absolute atomic E-state index is 0.130. The number of esters is 1. The molecule has 27 heavy (non-hydrogen) atoms. The average Bonchev–Trinajstić information content (AvgIpc) is 2.68. The van der Waals surface area contributed by atoms with E-state index in [-0.39, 0.29) is 29.0 Å². The lowest BCUT2D eigenvalue weighted by Gasteiger charge is -2.33. The van der Waals surface area contributed by atoms with Crippen molar-refractivity contribution in [2.24, 2.45) is 5.92 Å². The molecular weight excluding hydrogens is 346 g/mol. The van der Waals surface area contributed by atoms with E-state index in [0.717, 1.165) is 31.7 Å². The molecule has 2 N–H and O–H groups in total. The van der Waals surface area contributed by atoms with Crippen LogP contribution in [0.1, 0.15) is 43.0 Å². The van der Waals surface area contributed by atoms with E-state index >= 15 is 0 Å². The summed E-state index contributed by atoms with van der Waals surface area (Å²) in [7, 11) is 1.73. The lowest BCUT2D eigenvalue weighted by Crippen LogP contribution is -2.41. The summed E-state index contributed by atoms with van der Waals surface area (Å²) in [6.45, 7) is 1.82. The standard InChI is InChI=1S/C21H25NO5/c1-13-7-9-14(10-8-13)22(2)19(24)12-27-21(26)17-11-18(23)15-5-3-4-6-16(15)20(17)25/h3-6,11,13-14,23,25H,7-10,12H2,1-2H3. The number of phenolic OH excluding ortho intramolecular Hbond substituents is 2. The van der Waals surface area contributed by atoms with Crippen LogP contribution in [0.25, 0.3) is 10.8 Å². The van der Waals surface area contributed by atoms with Crippen LogP contribution in [0.4, 0.5) is 0 Å². The average molecular weight is 371 g/mol. The van der Waals surface area contributed by atoms with Gasteiger partial charge in [0.15, 0.2) is 6.61 Å². The molecule has 0 aromatic heterocycles. The first-order valence-electron chi connectivity index (χ1n) is 9.25. The van der Waals surface area contributed by atoms with Crippen molar-refractivity contribution in [3.05, 3.63) is 35.9 Å². The molecule has 3 rings (SSSR count). The number of benzene rings is 2. The molecule has 0 spiro atoms. The maximum atomic E-state index is 12.4. The van der Waals surface area contributed by atoms with Crippen LogP contribution >= 0.6 is 0 Å². The Hall–Kier alpha value is -2.76. The van der Waals surface area contributed by atoms with E-state index in [2.05, 4.69) is 6.92 Å². The van der Waals surface area contributed by atoms with Crippen LogP contribution in [0.5, 0.6) is 11.5 Å². The Bertz CT molecular complexity index is 855. The summed E-state index contributed by atoms with van der Waals surface area (Å²) in [5.74, 6) is -0.822. The van der Waals surface area contributed by atoms with Crippen LogP contribution in [0.3, 0.4) is 0 Å². The molecule has 0 unspecified atom stereocenters. The third-order valence-corrected chi connectivity index (χ3v) is 5.47. The van der Waals surface area contributed by atoms with Gasteiger partial charge in [-0.3, -0.25) is 4.79 Å². The molecule has 1 aliphatic rings. The number of phenols is 2. The molecular formula is C21H25NO5. The number of carbonyl (C=O) groups is 2. The second-order valence-corrected chi connectivity index (χ2v) is 7.33. The van der Waals surface area contributed by atoms with Crippen LogP contribution in [0.15, 0.2) is 30.3 Å². The Kier molecular flexibility index (Phi) is 5.54. The van der Waals surface area contributed by atoms with Crippen molar-refractivity contribution in [3.63, 3.8) is 0 Å². The van der Waals surface area contributed by atoms with Crippen molar-refractivity contribution in [2.75, 3.05) is 13.7 Å². The highest BCUT2D eigenvalue weighted by Crippen LogP contribution is 2.35. The van der Waals surface area contributed by atoms with E-state index in [1.165, 1.54) is 0 Å². The van der Waals surface area contributed by atoms with Crippen LogP contribution in [-0.4, -0.2) is 46.7 Å². The van der Waals surface area contributed by atoms with Crippen molar-refractivity contribution >= 4 is 22.6 Å². The second-order valence-electron chi connectivity index (χ2n) is 7.33. The fourth-order valence-corrected chi connectivity index (χ4v) is 3.64. The number of likely N-dealkylation sites (N-methyl/N-ethyl adjacent to an activating group) is 1. The van der Waals surface area contributed by atoms with Crippen LogP contribution < -0.4 is 0 Å². The van der Waals surface area contributed by atoms with Crippen molar-refractivity contribution in [3.8, 4) is 11.5 Å². The second kappa shape index (κ2) is 7.86. The van der Waals surface area contributed by atoms with Gasteiger partial charge < -0.3 is 19.8 Å². The molecule has 0 bridgehead atoms. The van der Waals surface area contributed by atoms with Gasteiger partial charge in [0.2, 0.25) is 0 Å². The zero-order chi connectivity index (χ0) is 19.6. The molecule has 1 fully saturated rings. The Labute approximate surface area is 158 Å². The van der Waals surface area contributed by atoms with Crippen molar-refractivity contribution in [2.45, 2.75) is 38.6 Å². The minimum Gasteiger partial charge on any atom is -0.507 e. The number of ether oxygens (including phenoxy) is 1. The van der Waals surface area contributed by atoms with Crippen molar-refractivity contribution in [1.29, 1.82) is 0 Å². The van der Waals surface area contributed by atoms with E-state index in [1.807, 2.05) is 0 Å². The van der Waals surface area contributed by atoms with E-state index < -0.39 is 12.6 Å². The quantitative estimate of drug-likeness (QED) is 0.635. The van der Waals surface area contributed by atoms with Crippen molar-refractivity contribution < 1.29 is 24.5 Å². The summed E-state index contributed by atoms with van der Waals surface area (Å²) in [5.41, 5.74) is -0.159. The van der Waals surface area contributed by atoms with Crippen LogP contribution in [-0.2, 0) is 9.53 Å². The third-order valence-electron chi connectivity index (χ3n) is 5.47. The molecule has 6 nitrogen and oxygen atoms in total. The molecule has 1 aliphatic carbocycles. The van der Waals surface area contributed by atoms with Gasteiger partial charge in [0, 0.05) is 23.9 Å². The van der Waals surface area contributed by atoms with E-state index in [1.54, 1.807) is 36.2 Å². The number of hydrogen-bond donors (Lipinski definition) is 2. The molecule has 2 aromatic carbocycles. The highest BCUT2D eigenvalue weighted by atomic mass is 16.5. The molecule has 0 aliphatic heterocycles. The van der Waals surface area contributed by atoms with E-state index in [0.29, 0.717) is 16.7 Å². The molecule has 2 aromatic rings. The maximum absolute atomic E-state index is 12.4. The van der Waals surface area contributed by atoms with Crippen molar-refractivity contribution in [1.82, 2.24) is 4.90 Å². The number of fused-ring (bicyclic) bond motifs is 1. The summed E-state index contributed by atoms with van der Waals surface area (Å²) in [6, 6.07) is 8.00. The Morgan fingerprint density at radius 3 is 2.41 bits per heavy atom. The Morgan fingerprint density at radius 1 is 1.11 bits per heavy atom. The fourth-order valence-electron chi connectivity index (χ4n) is 3.64. The number of hydrogen-bond acceptors (Lipinski definition) is 5. The Morgan fingerprint density at radius 2 is 1.74 bits per heavy atom. The molecule has 144 valence electrons. The topological polar surface area (TPSA) is 87.1 Å². The zero-order valence-corrected chi connectivity index (χ0v) is 15.6. The monoisotopic (exact) mass is 371 g/mol. The van der Waals surface area contributed by atoms with Crippen LogP contribution in [0.2, 0.25) is 0 Å². The summed E-state index contributed by atoms with van der Waals surface area (Å²) >= 11 is 0. The highest BCUT2D eigenvalue weighted by Gasteiger charge is 2.26. The third kappa shape index (κ3) is 3.99. The van der Waals surface area contributed by atoms with Gasteiger partial charge in [0.05, 0.1) is 0 Å². The summed E-state index contributed by atoms with van der Waals surface area (Å²) in [6.07, 6.45) is 4.09. The lowest BCUT2D eigenvalue weighted by atomic mass is 9.87. The van der Waals surface area contributed by atoms with Gasteiger partial charge in [0.25, 0.3) is 5.91 Å². The maximum Gasteiger partial charge on any atom is 0.342 e. The summed E-state index contributed by atoms with van der Waals surface area (Å²) < 4.78 is 5.11. The minimum atomic E-state index is -0.840. The molecule has 0 heterocycles. The normalized spacial score (nSPS) is 19.6. The van der Waals surface area contributed by atoms with Gasteiger partial charge in [-0.05, 0) is 37.7 Å². The molecule has 0 saturated heterocycles. The first kappa shape index (κ1) is 19.0. The lowest BCUT2D eigenvalue weighted by molar-refractivity contribution is -0.136. The van der Waals surface area contributed by atoms with Crippen LogP contribution in [0, 0.1) is 5.92 Å². The first-order chi connectivity index (χ1) is 12.9. The SMILES string of the molecule is CC1CCC(N(C)C(=O)COC(=O)c2cc(O)c3ccccc3c2O)CC1. The smallest absolute Gasteiger partial charge is 0.342 e. The molecule has 1 saturated carbocycles. The van der Waals surface area contributed by atoms with Gasteiger partial charge in [-0.15, -0.1) is 0 Å². The van der Waals surface area contributed by atoms with Gasteiger partial charge in [-0.1, -0.05) is 31.2 Å². The number of carbonyl (C=O) groups excluding carboxylic acids is 2. The Balaban J connectivity index is 1.66. The number of nitrogens with zero attached hydrogens (tertiary/aromatic N) is 1. The number of rotatable bonds is 4. The molecule has 1 amide bonds. The van der Waals surface area contributed by atoms with Gasteiger partial charge in [0.1, 0.15) is 17.1 Å². The zero-order valence-electron chi connectivity index (χ0n) is 15.6. The molecule has 0 radical (unpaired) electrons. The van der Waals surface area contributed by atoms with Gasteiger partial charge in [-0.2, -0.15) is 0 Å². The predicted molar refractivity (Wildman–Crippen MR) is 102 cm³/mol. The van der Waals surface area contributed by atoms with Gasteiger partial charge in [-0.25, -0.2) is 4.79 Å². The first-order valence-corrected chi connectivity index (χ1v) is 9.25. The van der Waals surface area contributed by atoms with Gasteiger partial charge >= 0.3 is 5.97 Å². The van der Waals surface area contributed by atoms with E-state index in [4.69, 9.17) is 4.74 Å². The molecule has 6 heteroatoms. The predicted octanol–water partition coefficient (Wildman–Crippen LogP) is 3.44. The largest absolute Gasteiger partial charge is 0.507 e. The fraction of sp³-hybridized carbons (Fsp3) is 0.429. The molecule has 0 atom stereocenters. The highest BCUT2D eigenvalue weighted by molar-refractivity contribution is 6.04. The number of amides is 1. The summed E-state index contributed by atoms with van der Waals surface area (Å²) in [5, 5.41) is 21.2. The summed E-state index contributed by atoms with van der Waals surface area (Å²) in [4.78, 5) is 26.4. The van der Waals surface area contributed by atoms with E-state index in [9.17, 15) is 19.8 Å². The number of aromatic hydroxyl groups is 2.